The molecule has 0 amide bonds. The first-order chi connectivity index (χ1) is 7.19. The fourth-order valence-corrected chi connectivity index (χ4v) is 2.80. The van der Waals surface area contributed by atoms with Crippen molar-refractivity contribution >= 4 is 0 Å². The Bertz CT molecular complexity index is 167. The van der Waals surface area contributed by atoms with Gasteiger partial charge in [-0.1, -0.05) is 58.8 Å². The predicted octanol–water partition coefficient (Wildman–Crippen LogP) is 4.29. The molecule has 1 aliphatic rings. The first kappa shape index (κ1) is 13.0. The molecular formula is C14H28O. The molecule has 1 aliphatic carbocycles. The van der Waals surface area contributed by atoms with Crippen molar-refractivity contribution in [1.82, 2.24) is 0 Å². The van der Waals surface area contributed by atoms with Crippen LogP contribution >= 0.6 is 0 Å². The van der Waals surface area contributed by atoms with E-state index >= 15 is 0 Å². The Balaban J connectivity index is 2.17. The van der Waals surface area contributed by atoms with Gasteiger partial charge in [-0.3, -0.25) is 0 Å². The van der Waals surface area contributed by atoms with Crippen LogP contribution in [0.3, 0.4) is 0 Å². The van der Waals surface area contributed by atoms with Crippen LogP contribution in [0.4, 0.5) is 0 Å². The average molecular weight is 212 g/mol. The molecular weight excluding hydrogens is 184 g/mol. The van der Waals surface area contributed by atoms with Crippen molar-refractivity contribution < 1.29 is 5.11 Å². The summed E-state index contributed by atoms with van der Waals surface area (Å²) >= 11 is 0. The Morgan fingerprint density at radius 1 is 1.13 bits per heavy atom. The predicted molar refractivity (Wildman–Crippen MR) is 66.0 cm³/mol. The molecule has 0 bridgehead atoms. The van der Waals surface area contributed by atoms with Crippen molar-refractivity contribution in [2.75, 3.05) is 0 Å². The first-order valence-electron chi connectivity index (χ1n) is 6.91. The fraction of sp³-hybridized carbons (Fsp3) is 1.00. The lowest BCUT2D eigenvalue weighted by molar-refractivity contribution is -0.0496. The molecule has 0 radical (unpaired) electrons. The zero-order valence-electron chi connectivity index (χ0n) is 10.6. The Labute approximate surface area is 95.3 Å². The molecule has 0 spiro atoms. The summed E-state index contributed by atoms with van der Waals surface area (Å²) in [5.74, 6) is 0.525. The summed E-state index contributed by atoms with van der Waals surface area (Å²) in [4.78, 5) is 0. The fourth-order valence-electron chi connectivity index (χ4n) is 2.80. The maximum atomic E-state index is 10.5. The largest absolute Gasteiger partial charge is 0.390 e. The van der Waals surface area contributed by atoms with Gasteiger partial charge in [-0.15, -0.1) is 0 Å². The zero-order chi connectivity index (χ0) is 11.1. The van der Waals surface area contributed by atoms with Crippen LogP contribution in [-0.4, -0.2) is 10.7 Å². The average Bonchev–Trinajstić information content (AvgIpc) is 2.23. The molecule has 15 heavy (non-hydrogen) atoms. The van der Waals surface area contributed by atoms with E-state index in [0.717, 1.165) is 12.8 Å². The number of aliphatic hydroxyl groups is 1. The number of hydrogen-bond donors (Lipinski definition) is 1. The van der Waals surface area contributed by atoms with Crippen molar-refractivity contribution in [3.8, 4) is 0 Å². The van der Waals surface area contributed by atoms with Crippen LogP contribution in [0.1, 0.15) is 78.1 Å². The lowest BCUT2D eigenvalue weighted by Gasteiger charge is -2.38. The van der Waals surface area contributed by atoms with Gasteiger partial charge in [0.2, 0.25) is 0 Å². The van der Waals surface area contributed by atoms with Crippen molar-refractivity contribution in [2.24, 2.45) is 5.92 Å². The quantitative estimate of drug-likeness (QED) is 0.651. The van der Waals surface area contributed by atoms with Crippen molar-refractivity contribution in [1.29, 1.82) is 0 Å². The van der Waals surface area contributed by atoms with Crippen molar-refractivity contribution in [3.05, 3.63) is 0 Å². The lowest BCUT2D eigenvalue weighted by atomic mass is 9.74. The molecule has 90 valence electrons. The molecule has 1 nitrogen and oxygen atoms in total. The summed E-state index contributed by atoms with van der Waals surface area (Å²) in [6.45, 7) is 4.47. The highest BCUT2D eigenvalue weighted by atomic mass is 16.3. The minimum atomic E-state index is -0.315. The summed E-state index contributed by atoms with van der Waals surface area (Å²) in [5, 5.41) is 10.5. The summed E-state index contributed by atoms with van der Waals surface area (Å²) in [6, 6.07) is 0. The van der Waals surface area contributed by atoms with E-state index in [-0.39, 0.29) is 5.60 Å². The molecule has 1 rings (SSSR count). The second-order valence-electron chi connectivity index (χ2n) is 5.41. The number of unbranched alkanes of at least 4 members (excludes halogenated alkanes) is 4. The molecule has 0 saturated heterocycles. The molecule has 0 aromatic carbocycles. The van der Waals surface area contributed by atoms with Crippen molar-refractivity contribution in [2.45, 2.75) is 83.7 Å². The Morgan fingerprint density at radius 3 is 2.53 bits per heavy atom. The third kappa shape index (κ3) is 4.14. The SMILES string of the molecule is CCCCCCCC1(O)CCCCC1C. The van der Waals surface area contributed by atoms with Gasteiger partial charge in [0.15, 0.2) is 0 Å². The van der Waals surface area contributed by atoms with Crippen LogP contribution in [0.5, 0.6) is 0 Å². The highest BCUT2D eigenvalue weighted by Gasteiger charge is 2.34. The van der Waals surface area contributed by atoms with Gasteiger partial charge in [0.25, 0.3) is 0 Å². The van der Waals surface area contributed by atoms with Crippen LogP contribution in [-0.2, 0) is 0 Å². The van der Waals surface area contributed by atoms with E-state index in [2.05, 4.69) is 13.8 Å². The standard InChI is InChI=1S/C14H28O/c1-3-4-5-6-8-11-14(15)12-9-7-10-13(14)2/h13,15H,3-12H2,1-2H3. The van der Waals surface area contributed by atoms with E-state index in [1.807, 2.05) is 0 Å². The molecule has 0 aromatic heterocycles. The molecule has 2 unspecified atom stereocenters. The van der Waals surface area contributed by atoms with E-state index in [9.17, 15) is 5.11 Å². The molecule has 2 atom stereocenters. The molecule has 1 heteroatoms. The van der Waals surface area contributed by atoms with Crippen LogP contribution in [0.2, 0.25) is 0 Å². The van der Waals surface area contributed by atoms with E-state index in [1.165, 1.54) is 51.4 Å². The highest BCUT2D eigenvalue weighted by molar-refractivity contribution is 4.87. The van der Waals surface area contributed by atoms with Gasteiger partial charge in [0.1, 0.15) is 0 Å². The van der Waals surface area contributed by atoms with Crippen molar-refractivity contribution in [3.63, 3.8) is 0 Å². The Hall–Kier alpha value is -0.0400. The molecule has 0 aliphatic heterocycles. The third-order valence-electron chi connectivity index (χ3n) is 4.13. The minimum Gasteiger partial charge on any atom is -0.390 e. The normalized spacial score (nSPS) is 31.8. The van der Waals surface area contributed by atoms with Gasteiger partial charge in [-0.2, -0.15) is 0 Å². The van der Waals surface area contributed by atoms with Crippen LogP contribution in [0, 0.1) is 5.92 Å². The van der Waals surface area contributed by atoms with Gasteiger partial charge >= 0.3 is 0 Å². The van der Waals surface area contributed by atoms with Crippen LogP contribution in [0.15, 0.2) is 0 Å². The van der Waals surface area contributed by atoms with Gasteiger partial charge in [0, 0.05) is 0 Å². The van der Waals surface area contributed by atoms with E-state index in [4.69, 9.17) is 0 Å². The van der Waals surface area contributed by atoms with E-state index in [1.54, 1.807) is 0 Å². The topological polar surface area (TPSA) is 20.2 Å². The molecule has 0 heterocycles. The third-order valence-corrected chi connectivity index (χ3v) is 4.13. The number of rotatable bonds is 6. The summed E-state index contributed by atoms with van der Waals surface area (Å²) < 4.78 is 0. The summed E-state index contributed by atoms with van der Waals surface area (Å²) in [6.07, 6.45) is 12.4. The zero-order valence-corrected chi connectivity index (χ0v) is 10.6. The second-order valence-corrected chi connectivity index (χ2v) is 5.41. The smallest absolute Gasteiger partial charge is 0.0673 e. The highest BCUT2D eigenvalue weighted by Crippen LogP contribution is 2.37. The van der Waals surface area contributed by atoms with Gasteiger partial charge in [-0.25, -0.2) is 0 Å². The maximum Gasteiger partial charge on any atom is 0.0673 e. The Morgan fingerprint density at radius 2 is 1.87 bits per heavy atom. The van der Waals surface area contributed by atoms with Crippen LogP contribution < -0.4 is 0 Å². The summed E-state index contributed by atoms with van der Waals surface area (Å²) in [7, 11) is 0. The molecule has 1 saturated carbocycles. The number of hydrogen-bond acceptors (Lipinski definition) is 1. The molecule has 0 aromatic rings. The second kappa shape index (κ2) is 6.52. The first-order valence-corrected chi connectivity index (χ1v) is 6.91. The van der Waals surface area contributed by atoms with Gasteiger partial charge in [0.05, 0.1) is 5.60 Å². The molecule has 1 fully saturated rings. The van der Waals surface area contributed by atoms with E-state index in [0.29, 0.717) is 5.92 Å². The van der Waals surface area contributed by atoms with Crippen LogP contribution in [0.25, 0.3) is 0 Å². The maximum absolute atomic E-state index is 10.5. The lowest BCUT2D eigenvalue weighted by Crippen LogP contribution is -2.38. The monoisotopic (exact) mass is 212 g/mol. The van der Waals surface area contributed by atoms with Gasteiger partial charge < -0.3 is 5.11 Å². The minimum absolute atomic E-state index is 0.315. The summed E-state index contributed by atoms with van der Waals surface area (Å²) in [5.41, 5.74) is -0.315. The molecule has 1 N–H and O–H groups in total. The van der Waals surface area contributed by atoms with Gasteiger partial charge in [-0.05, 0) is 25.2 Å². The van der Waals surface area contributed by atoms with E-state index < -0.39 is 0 Å². The Kier molecular flexibility index (Phi) is 5.66.